The van der Waals surface area contributed by atoms with E-state index in [1.165, 1.54) is 13.3 Å². The minimum Gasteiger partial charge on any atom is -0.481 e. The van der Waals surface area contributed by atoms with Gasteiger partial charge in [-0.1, -0.05) is 0 Å². The maximum absolute atomic E-state index is 13.4. The van der Waals surface area contributed by atoms with E-state index in [9.17, 15) is 13.2 Å². The van der Waals surface area contributed by atoms with Crippen molar-refractivity contribution in [2.75, 3.05) is 13.7 Å². The summed E-state index contributed by atoms with van der Waals surface area (Å²) in [5, 5.41) is 13.6. The van der Waals surface area contributed by atoms with Crippen molar-refractivity contribution in [3.05, 3.63) is 23.9 Å². The molecule has 8 nitrogen and oxygen atoms in total. The number of hydrogen-bond acceptors (Lipinski definition) is 7. The quantitative estimate of drug-likeness (QED) is 0.881. The normalized spacial score (nSPS) is 21.6. The van der Waals surface area contributed by atoms with Crippen LogP contribution in [0.4, 0.5) is 13.2 Å². The fourth-order valence-corrected chi connectivity index (χ4v) is 2.48. The molecule has 1 atom stereocenters. The third kappa shape index (κ3) is 2.83. The van der Waals surface area contributed by atoms with Gasteiger partial charge in [0.25, 0.3) is 0 Å². The van der Waals surface area contributed by atoms with Crippen molar-refractivity contribution in [2.24, 2.45) is 0 Å². The fourth-order valence-electron chi connectivity index (χ4n) is 2.48. The van der Waals surface area contributed by atoms with Crippen LogP contribution >= 0.6 is 0 Å². The van der Waals surface area contributed by atoms with Crippen LogP contribution in [0, 0.1) is 0 Å². The molecule has 0 bridgehead atoms. The first-order chi connectivity index (χ1) is 10.9. The predicted molar refractivity (Wildman–Crippen MR) is 70.5 cm³/mol. The summed E-state index contributed by atoms with van der Waals surface area (Å²) in [4.78, 5) is 9.10. The Morgan fingerprint density at radius 3 is 2.91 bits per heavy atom. The molecule has 3 heterocycles. The maximum Gasteiger partial charge on any atom is 0.414 e. The Morgan fingerprint density at radius 2 is 2.26 bits per heavy atom. The fraction of sp³-hybridized carbons (Fsp3) is 0.583. The van der Waals surface area contributed by atoms with Crippen molar-refractivity contribution in [3.63, 3.8) is 0 Å². The van der Waals surface area contributed by atoms with E-state index < -0.39 is 11.7 Å². The van der Waals surface area contributed by atoms with E-state index in [-0.39, 0.29) is 25.3 Å². The number of rotatable bonds is 4. The zero-order chi connectivity index (χ0) is 16.5. The molecule has 1 N–H and O–H groups in total. The molecule has 1 unspecified atom stereocenters. The molecule has 1 aliphatic rings. The summed E-state index contributed by atoms with van der Waals surface area (Å²) in [6.45, 7) is 0.255. The summed E-state index contributed by atoms with van der Waals surface area (Å²) in [7, 11) is 1.46. The Bertz CT molecular complexity index is 681. The van der Waals surface area contributed by atoms with Crippen LogP contribution in [0.3, 0.4) is 0 Å². The van der Waals surface area contributed by atoms with E-state index in [1.54, 1.807) is 6.07 Å². The van der Waals surface area contributed by atoms with Crippen LogP contribution in [-0.2, 0) is 12.1 Å². The van der Waals surface area contributed by atoms with Crippen LogP contribution in [0.2, 0.25) is 0 Å². The first-order valence-corrected chi connectivity index (χ1v) is 6.90. The standard InChI is InChI=1S/C12H14F3N7O/c1-23-9-3-6-16-8(18-9)7-22-20-10(19-21-22)11(12(13,14)15)4-2-5-17-11/h3,6,17H,2,4-5,7H2,1H3. The van der Waals surface area contributed by atoms with Crippen LogP contribution in [0.25, 0.3) is 0 Å². The highest BCUT2D eigenvalue weighted by Crippen LogP contribution is 2.43. The van der Waals surface area contributed by atoms with Crippen LogP contribution in [0.15, 0.2) is 12.3 Å². The second-order valence-corrected chi connectivity index (χ2v) is 5.09. The van der Waals surface area contributed by atoms with Gasteiger partial charge >= 0.3 is 6.18 Å². The number of alkyl halides is 3. The molecule has 3 rings (SSSR count). The summed E-state index contributed by atoms with van der Waals surface area (Å²) in [5.74, 6) is 0.277. The summed E-state index contributed by atoms with van der Waals surface area (Å²) in [6.07, 6.45) is -2.73. The Morgan fingerprint density at radius 1 is 1.43 bits per heavy atom. The molecule has 0 aromatic carbocycles. The highest BCUT2D eigenvalue weighted by molar-refractivity contribution is 5.11. The SMILES string of the molecule is COc1ccnc(Cn2nnc(C3(C(F)(F)F)CCCN3)n2)n1. The van der Waals surface area contributed by atoms with Crippen molar-refractivity contribution >= 4 is 0 Å². The second-order valence-electron chi connectivity index (χ2n) is 5.09. The molecular weight excluding hydrogens is 315 g/mol. The topological polar surface area (TPSA) is 90.6 Å². The first-order valence-electron chi connectivity index (χ1n) is 6.90. The number of tetrazole rings is 1. The van der Waals surface area contributed by atoms with E-state index in [0.717, 1.165) is 4.80 Å². The molecule has 2 aromatic rings. The van der Waals surface area contributed by atoms with E-state index >= 15 is 0 Å². The minimum atomic E-state index is -4.50. The first kappa shape index (κ1) is 15.6. The van der Waals surface area contributed by atoms with Gasteiger partial charge in [0.2, 0.25) is 11.7 Å². The van der Waals surface area contributed by atoms with Gasteiger partial charge in [0.15, 0.2) is 11.4 Å². The molecule has 1 fully saturated rings. The summed E-state index contributed by atoms with van der Waals surface area (Å²) in [5.41, 5.74) is -2.24. The van der Waals surface area contributed by atoms with Crippen molar-refractivity contribution in [1.29, 1.82) is 0 Å². The average molecular weight is 329 g/mol. The number of methoxy groups -OCH3 is 1. The van der Waals surface area contributed by atoms with Gasteiger partial charge in [-0.25, -0.2) is 4.98 Å². The van der Waals surface area contributed by atoms with Gasteiger partial charge in [-0.2, -0.15) is 23.0 Å². The lowest BCUT2D eigenvalue weighted by Crippen LogP contribution is -2.50. The number of nitrogens with one attached hydrogen (secondary N) is 1. The third-order valence-corrected chi connectivity index (χ3v) is 3.65. The van der Waals surface area contributed by atoms with Crippen LogP contribution in [0.5, 0.6) is 5.88 Å². The molecular formula is C12H14F3N7O. The molecule has 1 saturated heterocycles. The van der Waals surface area contributed by atoms with Crippen LogP contribution in [0.1, 0.15) is 24.5 Å². The Balaban J connectivity index is 1.85. The largest absolute Gasteiger partial charge is 0.481 e. The molecule has 23 heavy (non-hydrogen) atoms. The van der Waals surface area contributed by atoms with Crippen molar-refractivity contribution in [1.82, 2.24) is 35.5 Å². The van der Waals surface area contributed by atoms with Crippen LogP contribution < -0.4 is 10.1 Å². The molecule has 2 aromatic heterocycles. The lowest BCUT2D eigenvalue weighted by molar-refractivity contribution is -0.198. The lowest BCUT2D eigenvalue weighted by atomic mass is 9.96. The molecule has 0 aliphatic carbocycles. The highest BCUT2D eigenvalue weighted by atomic mass is 19.4. The van der Waals surface area contributed by atoms with Gasteiger partial charge in [0.05, 0.1) is 7.11 Å². The van der Waals surface area contributed by atoms with Gasteiger partial charge in [-0.15, -0.1) is 10.2 Å². The Kier molecular flexibility index (Phi) is 3.88. The number of halogens is 3. The molecule has 0 radical (unpaired) electrons. The summed E-state index contributed by atoms with van der Waals surface area (Å²) in [6, 6.07) is 1.56. The predicted octanol–water partition coefficient (Wildman–Crippen LogP) is 0.661. The van der Waals surface area contributed by atoms with Crippen molar-refractivity contribution in [3.8, 4) is 5.88 Å². The number of aromatic nitrogens is 6. The molecule has 0 saturated carbocycles. The second kappa shape index (κ2) is 5.72. The average Bonchev–Trinajstić information content (AvgIpc) is 3.16. The molecule has 1 aliphatic heterocycles. The van der Waals surface area contributed by atoms with Crippen LogP contribution in [-0.4, -0.2) is 50.0 Å². The van der Waals surface area contributed by atoms with E-state index in [0.29, 0.717) is 18.1 Å². The van der Waals surface area contributed by atoms with E-state index in [4.69, 9.17) is 4.74 Å². The molecule has 124 valence electrons. The number of hydrogen-bond donors (Lipinski definition) is 1. The number of nitrogens with zero attached hydrogens (tertiary/aromatic N) is 6. The van der Waals surface area contributed by atoms with Gasteiger partial charge in [-0.05, 0) is 24.6 Å². The maximum atomic E-state index is 13.4. The van der Waals surface area contributed by atoms with E-state index in [2.05, 4.69) is 30.7 Å². The molecule has 0 spiro atoms. The smallest absolute Gasteiger partial charge is 0.414 e. The van der Waals surface area contributed by atoms with Gasteiger partial charge in [0, 0.05) is 12.3 Å². The highest BCUT2D eigenvalue weighted by Gasteiger charge is 2.60. The summed E-state index contributed by atoms with van der Waals surface area (Å²) >= 11 is 0. The minimum absolute atomic E-state index is 0.00185. The van der Waals surface area contributed by atoms with E-state index in [1.807, 2.05) is 0 Å². The lowest BCUT2D eigenvalue weighted by Gasteiger charge is -2.28. The van der Waals surface area contributed by atoms with Gasteiger partial charge in [-0.3, -0.25) is 5.32 Å². The zero-order valence-electron chi connectivity index (χ0n) is 12.2. The summed E-state index contributed by atoms with van der Waals surface area (Å²) < 4.78 is 45.2. The monoisotopic (exact) mass is 329 g/mol. The third-order valence-electron chi connectivity index (χ3n) is 3.65. The van der Waals surface area contributed by atoms with Gasteiger partial charge < -0.3 is 4.74 Å². The Labute approximate surface area is 129 Å². The molecule has 11 heteroatoms. The Hall–Kier alpha value is -2.30. The van der Waals surface area contributed by atoms with Crippen molar-refractivity contribution in [2.45, 2.75) is 31.1 Å². The zero-order valence-corrected chi connectivity index (χ0v) is 12.2. The van der Waals surface area contributed by atoms with Gasteiger partial charge in [0.1, 0.15) is 6.54 Å². The molecule has 0 amide bonds. The number of ether oxygens (including phenoxy) is 1. The van der Waals surface area contributed by atoms with Crippen molar-refractivity contribution < 1.29 is 17.9 Å².